The van der Waals surface area contributed by atoms with E-state index in [4.69, 9.17) is 5.11 Å². The average Bonchev–Trinajstić information content (AvgIpc) is 2.81. The van der Waals surface area contributed by atoms with E-state index in [0.717, 1.165) is 23.5 Å². The Morgan fingerprint density at radius 1 is 1.43 bits per heavy atom. The van der Waals surface area contributed by atoms with E-state index in [1.54, 1.807) is 13.8 Å². The Labute approximate surface area is 124 Å². The second kappa shape index (κ2) is 6.28. The smallest absolute Gasteiger partial charge is 0.263 e. The Morgan fingerprint density at radius 3 is 2.76 bits per heavy atom. The molecule has 1 aromatic carbocycles. The summed E-state index contributed by atoms with van der Waals surface area (Å²) in [6.45, 7) is 3.36. The largest absolute Gasteiger partial charge is 0.392 e. The zero-order valence-electron chi connectivity index (χ0n) is 11.5. The van der Waals surface area contributed by atoms with Crippen LogP contribution in [0.1, 0.15) is 22.3 Å². The lowest BCUT2D eigenvalue weighted by molar-refractivity contribution is 0.0927. The summed E-state index contributed by atoms with van der Waals surface area (Å²) in [6, 6.07) is 3.48. The standard InChI is InChI=1S/C14H14F2N2O2S/c1-7(19)6-17-13(20)12-8(2)18-14(21-12)9-3-4-10(15)11(16)5-9/h3-5,7,19H,6H2,1-2H3,(H,17,20). The van der Waals surface area contributed by atoms with Gasteiger partial charge in [0.25, 0.3) is 5.91 Å². The molecular weight excluding hydrogens is 298 g/mol. The fourth-order valence-corrected chi connectivity index (χ4v) is 2.66. The fourth-order valence-electron chi connectivity index (χ4n) is 1.68. The molecule has 0 aliphatic rings. The predicted molar refractivity (Wildman–Crippen MR) is 76.2 cm³/mol. The number of halogens is 2. The van der Waals surface area contributed by atoms with E-state index in [2.05, 4.69) is 10.3 Å². The van der Waals surface area contributed by atoms with Crippen LogP contribution in [0.3, 0.4) is 0 Å². The van der Waals surface area contributed by atoms with Crippen molar-refractivity contribution in [3.8, 4) is 10.6 Å². The van der Waals surface area contributed by atoms with Gasteiger partial charge in [0.1, 0.15) is 9.88 Å². The number of hydrogen-bond acceptors (Lipinski definition) is 4. The highest BCUT2D eigenvalue weighted by Crippen LogP contribution is 2.28. The molecule has 2 N–H and O–H groups in total. The fraction of sp³-hybridized carbons (Fsp3) is 0.286. The van der Waals surface area contributed by atoms with E-state index in [-0.39, 0.29) is 12.5 Å². The van der Waals surface area contributed by atoms with Crippen molar-refractivity contribution in [3.63, 3.8) is 0 Å². The molecule has 0 spiro atoms. The third-order valence-corrected chi connectivity index (χ3v) is 3.93. The van der Waals surface area contributed by atoms with Crippen molar-refractivity contribution in [1.82, 2.24) is 10.3 Å². The van der Waals surface area contributed by atoms with Gasteiger partial charge in [0.2, 0.25) is 0 Å². The summed E-state index contributed by atoms with van der Waals surface area (Å²) in [4.78, 5) is 16.5. The number of carbonyl (C=O) groups is 1. The number of carbonyl (C=O) groups excluding carboxylic acids is 1. The first-order chi connectivity index (χ1) is 9.88. The summed E-state index contributed by atoms with van der Waals surface area (Å²) in [6.07, 6.45) is -0.646. The maximum Gasteiger partial charge on any atom is 0.263 e. The van der Waals surface area contributed by atoms with Crippen molar-refractivity contribution in [2.45, 2.75) is 20.0 Å². The predicted octanol–water partition coefficient (Wildman–Crippen LogP) is 2.51. The lowest BCUT2D eigenvalue weighted by Gasteiger charge is -2.05. The van der Waals surface area contributed by atoms with Crippen LogP contribution < -0.4 is 5.32 Å². The highest BCUT2D eigenvalue weighted by atomic mass is 32.1. The second-order valence-electron chi connectivity index (χ2n) is 4.62. The van der Waals surface area contributed by atoms with Gasteiger partial charge in [-0.05, 0) is 32.0 Å². The zero-order chi connectivity index (χ0) is 15.6. The van der Waals surface area contributed by atoms with Gasteiger partial charge >= 0.3 is 0 Å². The third kappa shape index (κ3) is 3.62. The SMILES string of the molecule is Cc1nc(-c2ccc(F)c(F)c2)sc1C(=O)NCC(C)O. The molecule has 0 saturated carbocycles. The average molecular weight is 312 g/mol. The van der Waals surface area contributed by atoms with Gasteiger partial charge in [-0.2, -0.15) is 0 Å². The number of amides is 1. The maximum absolute atomic E-state index is 13.2. The number of rotatable bonds is 4. The molecule has 4 nitrogen and oxygen atoms in total. The summed E-state index contributed by atoms with van der Waals surface area (Å²) in [7, 11) is 0. The highest BCUT2D eigenvalue weighted by Gasteiger charge is 2.17. The van der Waals surface area contributed by atoms with Crippen LogP contribution in [0.25, 0.3) is 10.6 Å². The molecular formula is C14H14F2N2O2S. The first kappa shape index (κ1) is 15.5. The number of nitrogens with one attached hydrogen (secondary N) is 1. The molecule has 2 aromatic rings. The molecule has 112 valence electrons. The zero-order valence-corrected chi connectivity index (χ0v) is 12.3. The first-order valence-corrected chi connectivity index (χ1v) is 7.09. The Hall–Kier alpha value is -1.86. The number of aliphatic hydroxyl groups excluding tert-OH is 1. The number of benzene rings is 1. The number of aliphatic hydroxyl groups is 1. The van der Waals surface area contributed by atoms with E-state index < -0.39 is 17.7 Å². The van der Waals surface area contributed by atoms with Crippen LogP contribution in [0.2, 0.25) is 0 Å². The monoisotopic (exact) mass is 312 g/mol. The minimum atomic E-state index is -0.958. The van der Waals surface area contributed by atoms with Crippen LogP contribution in [0, 0.1) is 18.6 Å². The highest BCUT2D eigenvalue weighted by molar-refractivity contribution is 7.17. The van der Waals surface area contributed by atoms with Crippen molar-refractivity contribution in [1.29, 1.82) is 0 Å². The summed E-state index contributed by atoms with van der Waals surface area (Å²) in [5, 5.41) is 12.2. The normalized spacial score (nSPS) is 12.2. The van der Waals surface area contributed by atoms with Gasteiger partial charge in [0.15, 0.2) is 11.6 Å². The molecule has 0 fully saturated rings. The Bertz CT molecular complexity index is 671. The third-order valence-electron chi connectivity index (χ3n) is 2.73. The van der Waals surface area contributed by atoms with Gasteiger partial charge in [-0.25, -0.2) is 13.8 Å². The van der Waals surface area contributed by atoms with E-state index in [9.17, 15) is 13.6 Å². The lowest BCUT2D eigenvalue weighted by Crippen LogP contribution is -2.30. The number of hydrogen-bond donors (Lipinski definition) is 2. The molecule has 1 heterocycles. The first-order valence-electron chi connectivity index (χ1n) is 6.27. The second-order valence-corrected chi connectivity index (χ2v) is 5.62. The van der Waals surface area contributed by atoms with Crippen molar-refractivity contribution >= 4 is 17.2 Å². The Kier molecular flexibility index (Phi) is 4.64. The number of aromatic nitrogens is 1. The van der Waals surface area contributed by atoms with Gasteiger partial charge in [0, 0.05) is 12.1 Å². The molecule has 0 aliphatic heterocycles. The molecule has 1 amide bonds. The van der Waals surface area contributed by atoms with Gasteiger partial charge in [-0.3, -0.25) is 4.79 Å². The van der Waals surface area contributed by atoms with Gasteiger partial charge < -0.3 is 10.4 Å². The molecule has 1 unspecified atom stereocenters. The minimum absolute atomic E-state index is 0.136. The van der Waals surface area contributed by atoms with Gasteiger partial charge in [-0.15, -0.1) is 11.3 Å². The molecule has 0 saturated heterocycles. The Morgan fingerprint density at radius 2 is 2.14 bits per heavy atom. The van der Waals surface area contributed by atoms with E-state index >= 15 is 0 Å². The molecule has 0 bridgehead atoms. The quantitative estimate of drug-likeness (QED) is 0.912. The van der Waals surface area contributed by atoms with E-state index in [0.29, 0.717) is 21.1 Å². The summed E-state index contributed by atoms with van der Waals surface area (Å²) in [5.74, 6) is -2.23. The number of nitrogens with zero attached hydrogens (tertiary/aromatic N) is 1. The van der Waals surface area contributed by atoms with Crippen molar-refractivity contribution < 1.29 is 18.7 Å². The molecule has 1 aromatic heterocycles. The summed E-state index contributed by atoms with van der Waals surface area (Å²) < 4.78 is 26.2. The lowest BCUT2D eigenvalue weighted by atomic mass is 10.2. The van der Waals surface area contributed by atoms with Crippen LogP contribution in [0.5, 0.6) is 0 Å². The topological polar surface area (TPSA) is 62.2 Å². The molecule has 7 heteroatoms. The molecule has 0 aliphatic carbocycles. The number of aryl methyl sites for hydroxylation is 1. The van der Waals surface area contributed by atoms with Gasteiger partial charge in [0.05, 0.1) is 11.8 Å². The molecule has 21 heavy (non-hydrogen) atoms. The molecule has 2 rings (SSSR count). The van der Waals surface area contributed by atoms with Crippen LogP contribution in [-0.2, 0) is 0 Å². The van der Waals surface area contributed by atoms with Crippen molar-refractivity contribution in [3.05, 3.63) is 40.4 Å². The van der Waals surface area contributed by atoms with Gasteiger partial charge in [-0.1, -0.05) is 0 Å². The summed E-state index contributed by atoms with van der Waals surface area (Å²) in [5.41, 5.74) is 0.916. The maximum atomic E-state index is 13.2. The molecule has 0 radical (unpaired) electrons. The number of thiazole rings is 1. The van der Waals surface area contributed by atoms with E-state index in [1.807, 2.05) is 0 Å². The van der Waals surface area contributed by atoms with Crippen molar-refractivity contribution in [2.24, 2.45) is 0 Å². The van der Waals surface area contributed by atoms with Crippen molar-refractivity contribution in [2.75, 3.05) is 6.54 Å². The van der Waals surface area contributed by atoms with Crippen LogP contribution in [0.15, 0.2) is 18.2 Å². The van der Waals surface area contributed by atoms with Crippen LogP contribution >= 0.6 is 11.3 Å². The summed E-state index contributed by atoms with van der Waals surface area (Å²) >= 11 is 1.09. The minimum Gasteiger partial charge on any atom is -0.392 e. The van der Waals surface area contributed by atoms with E-state index in [1.165, 1.54) is 6.07 Å². The van der Waals surface area contributed by atoms with Crippen LogP contribution in [0.4, 0.5) is 8.78 Å². The molecule has 1 atom stereocenters. The van der Waals surface area contributed by atoms with Crippen LogP contribution in [-0.4, -0.2) is 28.6 Å². The Balaban J connectivity index is 2.26.